The van der Waals surface area contributed by atoms with Crippen molar-refractivity contribution in [1.29, 1.82) is 0 Å². The molecule has 5 rings (SSSR count). The molecule has 1 aliphatic heterocycles. The molecular weight excluding hydrogens is 539 g/mol. The van der Waals surface area contributed by atoms with Gasteiger partial charge in [-0.1, -0.05) is 30.3 Å². The average molecular weight is 564 g/mol. The van der Waals surface area contributed by atoms with Crippen LogP contribution in [-0.2, 0) is 21.3 Å². The molecule has 0 N–H and O–H groups in total. The van der Waals surface area contributed by atoms with Crippen molar-refractivity contribution in [2.75, 3.05) is 35.5 Å². The van der Waals surface area contributed by atoms with Crippen LogP contribution in [0.1, 0.15) is 11.1 Å². The second-order valence-corrected chi connectivity index (χ2v) is 11.5. The standard InChI is InChI=1S/C26H24F3N3O4S2/c1-18-21-4-2-3-5-23(21)37-25(18)32(17-19-6-8-20(9-7-19)36-26(27,28)29)38(33,34)24-16-30-11-10-22(24)31-12-14-35-15-13-31/h2-11,16H,12-15,17H2,1H3. The van der Waals surface area contributed by atoms with Crippen LogP contribution in [0.5, 0.6) is 5.75 Å². The Hall–Kier alpha value is -3.35. The molecule has 0 atom stereocenters. The van der Waals surface area contributed by atoms with Crippen LogP contribution < -0.4 is 13.9 Å². The van der Waals surface area contributed by atoms with Crippen molar-refractivity contribution < 1.29 is 31.1 Å². The third-order valence-corrected chi connectivity index (χ3v) is 9.38. The van der Waals surface area contributed by atoms with E-state index in [2.05, 4.69) is 9.72 Å². The monoisotopic (exact) mass is 563 g/mol. The molecule has 0 aliphatic carbocycles. The summed E-state index contributed by atoms with van der Waals surface area (Å²) in [5, 5.41) is 1.46. The van der Waals surface area contributed by atoms with Crippen LogP contribution in [0.25, 0.3) is 10.1 Å². The summed E-state index contributed by atoms with van der Waals surface area (Å²) in [6.07, 6.45) is -1.92. The second-order valence-electron chi connectivity index (χ2n) is 8.67. The lowest BCUT2D eigenvalue weighted by Gasteiger charge is -2.32. The first-order valence-electron chi connectivity index (χ1n) is 11.8. The number of thiophene rings is 1. The molecule has 0 unspecified atom stereocenters. The average Bonchev–Trinajstić information content (AvgIpc) is 3.23. The summed E-state index contributed by atoms with van der Waals surface area (Å²) in [7, 11) is -4.15. The fourth-order valence-corrected chi connectivity index (χ4v) is 7.47. The van der Waals surface area contributed by atoms with Crippen LogP contribution in [0.2, 0.25) is 0 Å². The second kappa shape index (κ2) is 10.4. The van der Waals surface area contributed by atoms with E-state index in [-0.39, 0.29) is 17.2 Å². The van der Waals surface area contributed by atoms with Crippen molar-refractivity contribution in [3.8, 4) is 5.75 Å². The molecule has 0 radical (unpaired) electrons. The molecule has 0 saturated carbocycles. The van der Waals surface area contributed by atoms with Crippen molar-refractivity contribution >= 4 is 42.1 Å². The summed E-state index contributed by atoms with van der Waals surface area (Å²) in [5.74, 6) is -0.379. The zero-order valence-corrected chi connectivity index (χ0v) is 21.9. The molecule has 12 heteroatoms. The summed E-state index contributed by atoms with van der Waals surface area (Å²) < 4.78 is 78.2. The highest BCUT2D eigenvalue weighted by molar-refractivity contribution is 7.93. The van der Waals surface area contributed by atoms with Gasteiger partial charge in [-0.15, -0.1) is 24.5 Å². The van der Waals surface area contributed by atoms with Gasteiger partial charge < -0.3 is 14.4 Å². The van der Waals surface area contributed by atoms with Gasteiger partial charge in [-0.25, -0.2) is 8.42 Å². The number of hydrogen-bond donors (Lipinski definition) is 0. The number of sulfonamides is 1. The number of morpholine rings is 1. The van der Waals surface area contributed by atoms with Gasteiger partial charge in [0.25, 0.3) is 10.0 Å². The molecule has 3 heterocycles. The number of hydrogen-bond acceptors (Lipinski definition) is 7. The van der Waals surface area contributed by atoms with E-state index in [1.807, 2.05) is 36.1 Å². The topological polar surface area (TPSA) is 72.0 Å². The molecule has 38 heavy (non-hydrogen) atoms. The Balaban J connectivity index is 1.59. The number of anilines is 2. The first kappa shape index (κ1) is 26.3. The number of halogens is 3. The summed E-state index contributed by atoms with van der Waals surface area (Å²) in [5.41, 5.74) is 1.82. The van der Waals surface area contributed by atoms with E-state index in [4.69, 9.17) is 4.74 Å². The normalized spacial score (nSPS) is 14.6. The minimum Gasteiger partial charge on any atom is -0.406 e. The lowest BCUT2D eigenvalue weighted by Crippen LogP contribution is -2.38. The van der Waals surface area contributed by atoms with Gasteiger partial charge in [-0.3, -0.25) is 9.29 Å². The zero-order valence-electron chi connectivity index (χ0n) is 20.3. The summed E-state index contributed by atoms with van der Waals surface area (Å²) in [4.78, 5) is 6.12. The van der Waals surface area contributed by atoms with E-state index in [0.717, 1.165) is 15.6 Å². The Labute approximate surface area is 222 Å². The quantitative estimate of drug-likeness (QED) is 0.286. The molecule has 0 bridgehead atoms. The summed E-state index contributed by atoms with van der Waals surface area (Å²) >= 11 is 1.34. The maximum absolute atomic E-state index is 14.3. The van der Waals surface area contributed by atoms with Crippen molar-refractivity contribution in [2.24, 2.45) is 0 Å². The predicted octanol–water partition coefficient (Wildman–Crippen LogP) is 5.74. The van der Waals surface area contributed by atoms with E-state index >= 15 is 0 Å². The molecule has 1 saturated heterocycles. The number of ether oxygens (including phenoxy) is 2. The molecule has 2 aromatic heterocycles. The Morgan fingerprint density at radius 3 is 2.47 bits per heavy atom. The van der Waals surface area contributed by atoms with Gasteiger partial charge in [-0.05, 0) is 47.7 Å². The third-order valence-electron chi connectivity index (χ3n) is 6.21. The minimum atomic E-state index is -4.82. The Morgan fingerprint density at radius 1 is 1.08 bits per heavy atom. The molecule has 1 fully saturated rings. The van der Waals surface area contributed by atoms with Crippen LogP contribution in [0, 0.1) is 6.92 Å². The van der Waals surface area contributed by atoms with E-state index in [1.165, 1.54) is 46.1 Å². The Morgan fingerprint density at radius 2 is 1.79 bits per heavy atom. The molecule has 0 spiro atoms. The predicted molar refractivity (Wildman–Crippen MR) is 140 cm³/mol. The Bertz CT molecular complexity index is 1530. The van der Waals surface area contributed by atoms with Gasteiger partial charge in [0.2, 0.25) is 0 Å². The number of alkyl halides is 3. The number of rotatable bonds is 7. The highest BCUT2D eigenvalue weighted by Gasteiger charge is 2.33. The highest BCUT2D eigenvalue weighted by atomic mass is 32.2. The highest BCUT2D eigenvalue weighted by Crippen LogP contribution is 2.42. The van der Waals surface area contributed by atoms with Crippen LogP contribution in [0.3, 0.4) is 0 Å². The SMILES string of the molecule is Cc1c(N(Cc2ccc(OC(F)(F)F)cc2)S(=O)(=O)c2cnccc2N2CCOCC2)sc2ccccc12. The maximum atomic E-state index is 14.3. The Kier molecular flexibility index (Phi) is 7.21. The smallest absolute Gasteiger partial charge is 0.406 e. The molecule has 7 nitrogen and oxygen atoms in total. The van der Waals surface area contributed by atoms with Gasteiger partial charge in [0.1, 0.15) is 15.6 Å². The van der Waals surface area contributed by atoms with E-state index in [9.17, 15) is 21.6 Å². The minimum absolute atomic E-state index is 0.0516. The molecular formula is C26H24F3N3O4S2. The van der Waals surface area contributed by atoms with E-state index in [0.29, 0.717) is 42.6 Å². The van der Waals surface area contributed by atoms with E-state index in [1.54, 1.807) is 12.3 Å². The number of benzene rings is 2. The van der Waals surface area contributed by atoms with Crippen molar-refractivity contribution in [1.82, 2.24) is 4.98 Å². The van der Waals surface area contributed by atoms with Crippen LogP contribution in [0.15, 0.2) is 71.9 Å². The van der Waals surface area contributed by atoms with Crippen molar-refractivity contribution in [2.45, 2.75) is 24.7 Å². The van der Waals surface area contributed by atoms with Crippen molar-refractivity contribution in [3.05, 3.63) is 78.1 Å². The van der Waals surface area contributed by atoms with Gasteiger partial charge >= 0.3 is 6.36 Å². The molecule has 4 aromatic rings. The van der Waals surface area contributed by atoms with Gasteiger partial charge in [0.05, 0.1) is 25.4 Å². The number of fused-ring (bicyclic) bond motifs is 1. The molecule has 1 aliphatic rings. The molecule has 0 amide bonds. The van der Waals surface area contributed by atoms with Crippen molar-refractivity contribution in [3.63, 3.8) is 0 Å². The van der Waals surface area contributed by atoms with Crippen LogP contribution in [0.4, 0.5) is 23.9 Å². The number of aryl methyl sites for hydroxylation is 1. The number of aromatic nitrogens is 1. The van der Waals surface area contributed by atoms with Gasteiger partial charge in [0, 0.05) is 30.2 Å². The van der Waals surface area contributed by atoms with Crippen LogP contribution in [-0.4, -0.2) is 46.1 Å². The number of pyridine rings is 1. The first-order chi connectivity index (χ1) is 18.1. The first-order valence-corrected chi connectivity index (χ1v) is 14.0. The van der Waals surface area contributed by atoms with Gasteiger partial charge in [-0.2, -0.15) is 0 Å². The largest absolute Gasteiger partial charge is 0.573 e. The lowest BCUT2D eigenvalue weighted by atomic mass is 10.2. The van der Waals surface area contributed by atoms with E-state index < -0.39 is 16.4 Å². The fourth-order valence-electron chi connectivity index (χ4n) is 4.38. The number of nitrogens with zero attached hydrogens (tertiary/aromatic N) is 3. The van der Waals surface area contributed by atoms with Crippen LogP contribution >= 0.6 is 11.3 Å². The molecule has 200 valence electrons. The summed E-state index contributed by atoms with van der Waals surface area (Å²) in [6.45, 7) is 3.80. The lowest BCUT2D eigenvalue weighted by molar-refractivity contribution is -0.274. The zero-order chi connectivity index (χ0) is 26.9. The van der Waals surface area contributed by atoms with Gasteiger partial charge in [0.15, 0.2) is 0 Å². The fraction of sp³-hybridized carbons (Fsp3) is 0.269. The third kappa shape index (κ3) is 5.42. The maximum Gasteiger partial charge on any atom is 0.573 e. The summed E-state index contributed by atoms with van der Waals surface area (Å²) in [6, 6.07) is 14.5. The molecule has 2 aromatic carbocycles.